The quantitative estimate of drug-likeness (QED) is 0.460. The van der Waals surface area contributed by atoms with E-state index < -0.39 is 5.91 Å². The number of hydrogen-bond donors (Lipinski definition) is 3. The Morgan fingerprint density at radius 1 is 1.18 bits per heavy atom. The molecule has 3 aromatic rings. The van der Waals surface area contributed by atoms with Crippen molar-refractivity contribution in [2.24, 2.45) is 0 Å². The molecule has 0 saturated carbocycles. The van der Waals surface area contributed by atoms with E-state index in [9.17, 15) is 14.4 Å². The monoisotopic (exact) mass is 480 g/mol. The molecule has 0 spiro atoms. The van der Waals surface area contributed by atoms with Crippen LogP contribution in [-0.2, 0) is 9.59 Å². The number of amides is 3. The molecule has 1 fully saturated rings. The zero-order chi connectivity index (χ0) is 24.2. The molecule has 2 aromatic heterocycles. The van der Waals surface area contributed by atoms with Gasteiger partial charge in [0.25, 0.3) is 5.91 Å². The van der Waals surface area contributed by atoms with Gasteiger partial charge in [0.2, 0.25) is 17.8 Å². The summed E-state index contributed by atoms with van der Waals surface area (Å²) in [6.07, 6.45) is 6.55. The van der Waals surface area contributed by atoms with Crippen LogP contribution in [0.1, 0.15) is 35.8 Å². The van der Waals surface area contributed by atoms with Crippen LogP contribution in [0, 0.1) is 0 Å². The summed E-state index contributed by atoms with van der Waals surface area (Å²) in [5, 5.41) is 5.97. The van der Waals surface area contributed by atoms with Gasteiger partial charge in [0.05, 0.1) is 27.8 Å². The zero-order valence-electron chi connectivity index (χ0n) is 18.5. The molecule has 3 amide bonds. The maximum Gasteiger partial charge on any atom is 0.274 e. The summed E-state index contributed by atoms with van der Waals surface area (Å²) >= 11 is 6.56. The molecule has 3 heterocycles. The molecule has 1 aliphatic heterocycles. The Morgan fingerprint density at radius 2 is 2.00 bits per heavy atom. The van der Waals surface area contributed by atoms with Crippen LogP contribution in [0.4, 0.5) is 11.6 Å². The number of carbonyl (C=O) groups is 3. The van der Waals surface area contributed by atoms with Crippen LogP contribution in [0.3, 0.4) is 0 Å². The number of para-hydroxylation sites is 1. The highest BCUT2D eigenvalue weighted by Gasteiger charge is 2.27. The minimum Gasteiger partial charge on any atom is -0.355 e. The topological polar surface area (TPSA) is 112 Å². The van der Waals surface area contributed by atoms with Crippen molar-refractivity contribution < 1.29 is 14.4 Å². The SMILES string of the molecule is C=CC(=O)Nc1c[nH]c(C(=O)Nc2nc3cccc(Cl)c3n2[C@@H]2CCCCN(C(=O)C=C)C2)c1. The van der Waals surface area contributed by atoms with Gasteiger partial charge in [0, 0.05) is 19.3 Å². The van der Waals surface area contributed by atoms with Gasteiger partial charge in [-0.25, -0.2) is 4.98 Å². The molecular formula is C24H25ClN6O3. The molecule has 10 heteroatoms. The van der Waals surface area contributed by atoms with Gasteiger partial charge in [0.15, 0.2) is 0 Å². The van der Waals surface area contributed by atoms with Crippen molar-refractivity contribution in [2.75, 3.05) is 23.7 Å². The third kappa shape index (κ3) is 4.74. The molecule has 1 aliphatic rings. The predicted molar refractivity (Wildman–Crippen MR) is 132 cm³/mol. The molecule has 1 saturated heterocycles. The number of nitrogens with one attached hydrogen (secondary N) is 3. The number of fused-ring (bicyclic) bond motifs is 1. The summed E-state index contributed by atoms with van der Waals surface area (Å²) in [5.41, 5.74) is 2.02. The number of likely N-dealkylation sites (tertiary alicyclic amines) is 1. The number of hydrogen-bond acceptors (Lipinski definition) is 4. The third-order valence-corrected chi connectivity index (χ3v) is 6.07. The van der Waals surface area contributed by atoms with Gasteiger partial charge >= 0.3 is 0 Å². The van der Waals surface area contributed by atoms with Crippen LogP contribution >= 0.6 is 11.6 Å². The fraction of sp³-hybridized carbons (Fsp3) is 0.250. The van der Waals surface area contributed by atoms with Crippen molar-refractivity contribution in [1.29, 1.82) is 0 Å². The fourth-order valence-electron chi connectivity index (χ4n) is 4.17. The lowest BCUT2D eigenvalue weighted by Crippen LogP contribution is -2.34. The molecular weight excluding hydrogens is 456 g/mol. The van der Waals surface area contributed by atoms with Crippen molar-refractivity contribution in [3.8, 4) is 0 Å². The van der Waals surface area contributed by atoms with E-state index in [2.05, 4.69) is 33.8 Å². The Labute approximate surface area is 201 Å². The molecule has 0 unspecified atom stereocenters. The van der Waals surface area contributed by atoms with E-state index in [1.165, 1.54) is 18.3 Å². The predicted octanol–water partition coefficient (Wildman–Crippen LogP) is 4.13. The molecule has 4 rings (SSSR count). The molecule has 0 aliphatic carbocycles. The molecule has 1 aromatic carbocycles. The van der Waals surface area contributed by atoms with E-state index in [-0.39, 0.29) is 23.6 Å². The second-order valence-corrected chi connectivity index (χ2v) is 8.41. The third-order valence-electron chi connectivity index (χ3n) is 5.76. The highest BCUT2D eigenvalue weighted by atomic mass is 35.5. The fourth-order valence-corrected chi connectivity index (χ4v) is 4.43. The number of halogens is 1. The average Bonchev–Trinajstić information content (AvgIpc) is 3.36. The first-order valence-corrected chi connectivity index (χ1v) is 11.3. The van der Waals surface area contributed by atoms with Crippen molar-refractivity contribution in [2.45, 2.75) is 25.3 Å². The van der Waals surface area contributed by atoms with Gasteiger partial charge in [-0.1, -0.05) is 30.8 Å². The van der Waals surface area contributed by atoms with E-state index >= 15 is 0 Å². The lowest BCUT2D eigenvalue weighted by atomic mass is 10.1. The maximum absolute atomic E-state index is 13.0. The minimum atomic E-state index is -0.431. The molecule has 1 atom stereocenters. The Kier molecular flexibility index (Phi) is 6.83. The summed E-state index contributed by atoms with van der Waals surface area (Å²) < 4.78 is 1.91. The lowest BCUT2D eigenvalue weighted by Gasteiger charge is -2.26. The number of carbonyl (C=O) groups excluding carboxylic acids is 3. The summed E-state index contributed by atoms with van der Waals surface area (Å²) in [6.45, 7) is 8.11. The molecule has 34 heavy (non-hydrogen) atoms. The number of imidazole rings is 1. The van der Waals surface area contributed by atoms with Gasteiger partial charge in [-0.2, -0.15) is 0 Å². The van der Waals surface area contributed by atoms with Crippen LogP contribution in [0.2, 0.25) is 5.02 Å². The van der Waals surface area contributed by atoms with Gasteiger partial charge in [-0.15, -0.1) is 0 Å². The van der Waals surface area contributed by atoms with E-state index in [1.807, 2.05) is 10.6 Å². The number of H-pyrrole nitrogens is 1. The Bertz CT molecular complexity index is 1280. The number of rotatable bonds is 6. The minimum absolute atomic E-state index is 0.131. The number of aromatic amines is 1. The van der Waals surface area contributed by atoms with Crippen LogP contribution in [0.5, 0.6) is 0 Å². The summed E-state index contributed by atoms with van der Waals surface area (Å²) in [5.74, 6) is -0.612. The molecule has 176 valence electrons. The first kappa shape index (κ1) is 23.3. The molecule has 9 nitrogen and oxygen atoms in total. The van der Waals surface area contributed by atoms with Crippen molar-refractivity contribution in [1.82, 2.24) is 19.4 Å². The number of aromatic nitrogens is 3. The van der Waals surface area contributed by atoms with E-state index in [4.69, 9.17) is 11.6 Å². The summed E-state index contributed by atoms with van der Waals surface area (Å²) in [4.78, 5) is 46.2. The van der Waals surface area contributed by atoms with Crippen LogP contribution in [0.25, 0.3) is 11.0 Å². The van der Waals surface area contributed by atoms with Crippen molar-refractivity contribution >= 4 is 52.0 Å². The Hall–Kier alpha value is -3.85. The van der Waals surface area contributed by atoms with E-state index in [1.54, 1.807) is 17.0 Å². The smallest absolute Gasteiger partial charge is 0.274 e. The molecule has 0 radical (unpaired) electrons. The average molecular weight is 481 g/mol. The van der Waals surface area contributed by atoms with Crippen LogP contribution in [0.15, 0.2) is 55.8 Å². The normalized spacial score (nSPS) is 16.0. The van der Waals surface area contributed by atoms with Gasteiger partial charge in [0.1, 0.15) is 5.69 Å². The van der Waals surface area contributed by atoms with Crippen LogP contribution < -0.4 is 10.6 Å². The van der Waals surface area contributed by atoms with Gasteiger partial charge < -0.3 is 19.8 Å². The molecule has 3 N–H and O–H groups in total. The largest absolute Gasteiger partial charge is 0.355 e. The zero-order valence-corrected chi connectivity index (χ0v) is 19.3. The van der Waals surface area contributed by atoms with Gasteiger partial charge in [-0.3, -0.25) is 19.7 Å². The van der Waals surface area contributed by atoms with Gasteiger partial charge in [-0.05, 0) is 49.6 Å². The summed E-state index contributed by atoms with van der Waals surface area (Å²) in [7, 11) is 0. The maximum atomic E-state index is 13.0. The molecule has 0 bridgehead atoms. The highest BCUT2D eigenvalue weighted by molar-refractivity contribution is 6.35. The first-order chi connectivity index (χ1) is 16.4. The highest BCUT2D eigenvalue weighted by Crippen LogP contribution is 2.34. The summed E-state index contributed by atoms with van der Waals surface area (Å²) in [6, 6.07) is 6.78. The lowest BCUT2D eigenvalue weighted by molar-refractivity contribution is -0.126. The van der Waals surface area contributed by atoms with Crippen molar-refractivity contribution in [3.63, 3.8) is 0 Å². The van der Waals surface area contributed by atoms with Crippen LogP contribution in [-0.4, -0.2) is 50.2 Å². The second kappa shape index (κ2) is 9.96. The first-order valence-electron chi connectivity index (χ1n) is 10.9. The van der Waals surface area contributed by atoms with Crippen molar-refractivity contribution in [3.05, 3.63) is 66.5 Å². The Morgan fingerprint density at radius 3 is 2.76 bits per heavy atom. The number of benzene rings is 1. The Balaban J connectivity index is 1.69. The standard InChI is InChI=1S/C24H25ClN6O3/c1-3-20(32)27-15-12-19(26-13-15)23(34)29-24-28-18-10-7-9-17(25)22(18)31(24)16-8-5-6-11-30(14-16)21(33)4-2/h3-4,7,9-10,12-13,16,26H,1-2,5-6,8,11,14H2,(H,27,32)(H,28,29,34)/t16-/m1/s1. The number of anilines is 2. The van der Waals surface area contributed by atoms with E-state index in [0.29, 0.717) is 40.8 Å². The number of nitrogens with zero attached hydrogens (tertiary/aromatic N) is 3. The second-order valence-electron chi connectivity index (χ2n) is 8.00. The van der Waals surface area contributed by atoms with E-state index in [0.717, 1.165) is 25.3 Å².